The lowest BCUT2D eigenvalue weighted by Gasteiger charge is -2.12. The van der Waals surface area contributed by atoms with Crippen molar-refractivity contribution >= 4 is 11.6 Å². The predicted octanol–water partition coefficient (Wildman–Crippen LogP) is 5.36. The fourth-order valence-corrected chi connectivity index (χ4v) is 2.62. The second kappa shape index (κ2) is 6.21. The highest BCUT2D eigenvalue weighted by Crippen LogP contribution is 2.27. The van der Waals surface area contributed by atoms with E-state index in [2.05, 4.69) is 0 Å². The molecular weight excluding hydrogens is 259 g/mol. The van der Waals surface area contributed by atoms with Gasteiger partial charge in [-0.05, 0) is 55.0 Å². The maximum absolute atomic E-state index is 13.9. The second-order valence-electron chi connectivity index (χ2n) is 4.96. The van der Waals surface area contributed by atoms with Crippen molar-refractivity contribution in [3.05, 3.63) is 70.5 Å². The zero-order valence-electron chi connectivity index (χ0n) is 11.3. The lowest BCUT2D eigenvalue weighted by Crippen LogP contribution is -1.99. The van der Waals surface area contributed by atoms with Gasteiger partial charge in [0.25, 0.3) is 0 Å². The van der Waals surface area contributed by atoms with Crippen molar-refractivity contribution < 1.29 is 4.39 Å². The Balaban J connectivity index is 2.07. The molecule has 0 heterocycles. The molecule has 0 aliphatic rings. The minimum atomic E-state index is -0.116. The van der Waals surface area contributed by atoms with Crippen molar-refractivity contribution in [3.63, 3.8) is 0 Å². The molecule has 2 rings (SSSR count). The van der Waals surface area contributed by atoms with Gasteiger partial charge in [0.2, 0.25) is 0 Å². The molecule has 0 bridgehead atoms. The molecule has 1 atom stereocenters. The van der Waals surface area contributed by atoms with Gasteiger partial charge in [0.15, 0.2) is 0 Å². The normalized spacial score (nSPS) is 12.4. The first-order valence-corrected chi connectivity index (χ1v) is 6.96. The minimum Gasteiger partial charge on any atom is -0.207 e. The Morgan fingerprint density at radius 2 is 1.79 bits per heavy atom. The third-order valence-corrected chi connectivity index (χ3v) is 3.84. The molecule has 0 aliphatic heterocycles. The molecule has 0 nitrogen and oxygen atoms in total. The molecule has 0 spiro atoms. The Morgan fingerprint density at radius 3 is 2.42 bits per heavy atom. The number of alkyl halides is 1. The van der Waals surface area contributed by atoms with Gasteiger partial charge < -0.3 is 0 Å². The van der Waals surface area contributed by atoms with Crippen molar-refractivity contribution in [2.75, 3.05) is 0 Å². The topological polar surface area (TPSA) is 0 Å². The van der Waals surface area contributed by atoms with E-state index < -0.39 is 0 Å². The fraction of sp³-hybridized carbons (Fsp3) is 0.294. The summed E-state index contributed by atoms with van der Waals surface area (Å²) in [4.78, 5) is 0. The first kappa shape index (κ1) is 14.1. The van der Waals surface area contributed by atoms with Gasteiger partial charge in [0, 0.05) is 0 Å². The highest BCUT2D eigenvalue weighted by Gasteiger charge is 2.11. The van der Waals surface area contributed by atoms with Crippen molar-refractivity contribution in [1.29, 1.82) is 0 Å². The Bertz CT molecular complexity index is 525. The summed E-state index contributed by atoms with van der Waals surface area (Å²) in [5.41, 5.74) is 3.85. The summed E-state index contributed by atoms with van der Waals surface area (Å²) in [5, 5.41) is -0.0682. The Morgan fingerprint density at radius 1 is 1.11 bits per heavy atom. The highest BCUT2D eigenvalue weighted by molar-refractivity contribution is 6.20. The van der Waals surface area contributed by atoms with Crippen LogP contribution in [0.25, 0.3) is 0 Å². The van der Waals surface area contributed by atoms with Crippen LogP contribution >= 0.6 is 11.6 Å². The molecule has 2 aromatic rings. The number of hydrogen-bond acceptors (Lipinski definition) is 0. The highest BCUT2D eigenvalue weighted by atomic mass is 35.5. The van der Waals surface area contributed by atoms with E-state index in [1.807, 2.05) is 50.2 Å². The van der Waals surface area contributed by atoms with Gasteiger partial charge in [-0.3, -0.25) is 0 Å². The van der Waals surface area contributed by atoms with Crippen LogP contribution in [0, 0.1) is 19.7 Å². The van der Waals surface area contributed by atoms with E-state index in [0.717, 1.165) is 28.7 Å². The van der Waals surface area contributed by atoms with E-state index in [0.29, 0.717) is 6.42 Å². The summed E-state index contributed by atoms with van der Waals surface area (Å²) in [6.07, 6.45) is 1.41. The molecule has 19 heavy (non-hydrogen) atoms. The quantitative estimate of drug-likeness (QED) is 0.660. The van der Waals surface area contributed by atoms with Gasteiger partial charge in [-0.15, -0.1) is 11.6 Å². The van der Waals surface area contributed by atoms with Crippen molar-refractivity contribution in [2.24, 2.45) is 0 Å². The van der Waals surface area contributed by atoms with Crippen LogP contribution in [0.15, 0.2) is 42.5 Å². The minimum absolute atomic E-state index is 0.0682. The molecule has 0 saturated heterocycles. The van der Waals surface area contributed by atoms with Gasteiger partial charge >= 0.3 is 0 Å². The average Bonchev–Trinajstić information content (AvgIpc) is 2.38. The van der Waals surface area contributed by atoms with Crippen molar-refractivity contribution in [2.45, 2.75) is 32.1 Å². The Labute approximate surface area is 119 Å². The molecule has 0 aromatic heterocycles. The second-order valence-corrected chi connectivity index (χ2v) is 5.49. The molecule has 0 amide bonds. The molecule has 0 saturated carbocycles. The monoisotopic (exact) mass is 276 g/mol. The van der Waals surface area contributed by atoms with Crippen LogP contribution in [0.3, 0.4) is 0 Å². The van der Waals surface area contributed by atoms with Crippen LogP contribution in [0.4, 0.5) is 4.39 Å². The summed E-state index contributed by atoms with van der Waals surface area (Å²) in [7, 11) is 0. The van der Waals surface area contributed by atoms with E-state index >= 15 is 0 Å². The number of hydrogen-bond donors (Lipinski definition) is 0. The molecule has 0 fully saturated rings. The van der Waals surface area contributed by atoms with Crippen molar-refractivity contribution in [1.82, 2.24) is 0 Å². The van der Waals surface area contributed by atoms with Crippen LogP contribution in [0.1, 0.15) is 34.1 Å². The molecule has 2 heteroatoms. The number of benzene rings is 2. The molecule has 100 valence electrons. The smallest absolute Gasteiger partial charge is 0.126 e. The molecule has 1 unspecified atom stereocenters. The van der Waals surface area contributed by atoms with Gasteiger partial charge in [0.1, 0.15) is 5.82 Å². The first-order valence-electron chi connectivity index (χ1n) is 6.52. The summed E-state index contributed by atoms with van der Waals surface area (Å²) in [6, 6.07) is 13.5. The van der Waals surface area contributed by atoms with Crippen LogP contribution in [-0.4, -0.2) is 0 Å². The van der Waals surface area contributed by atoms with Crippen LogP contribution in [0.2, 0.25) is 0 Å². The third-order valence-electron chi connectivity index (χ3n) is 3.37. The van der Waals surface area contributed by atoms with E-state index in [9.17, 15) is 4.39 Å². The summed E-state index contributed by atoms with van der Waals surface area (Å²) < 4.78 is 13.9. The molecule has 0 N–H and O–H groups in total. The van der Waals surface area contributed by atoms with Crippen LogP contribution in [-0.2, 0) is 6.42 Å². The van der Waals surface area contributed by atoms with Crippen molar-refractivity contribution in [3.8, 4) is 0 Å². The largest absolute Gasteiger partial charge is 0.207 e. The zero-order chi connectivity index (χ0) is 13.8. The maximum atomic E-state index is 13.9. The first-order chi connectivity index (χ1) is 9.08. The number of aryl methyl sites for hydroxylation is 2. The number of rotatable bonds is 4. The SMILES string of the molecule is Cc1cc(C)c(CCC(Cl)c2ccccc2)c(F)c1. The Kier molecular flexibility index (Phi) is 4.60. The van der Waals surface area contributed by atoms with E-state index in [1.165, 1.54) is 0 Å². The van der Waals surface area contributed by atoms with Gasteiger partial charge in [-0.1, -0.05) is 36.4 Å². The molecule has 0 aliphatic carbocycles. The number of halogens is 2. The standard InChI is InChI=1S/C17H18ClF/c1-12-10-13(2)15(17(19)11-12)8-9-16(18)14-6-4-3-5-7-14/h3-7,10-11,16H,8-9H2,1-2H3. The van der Waals surface area contributed by atoms with E-state index in [1.54, 1.807) is 6.07 Å². The molecular formula is C17H18ClF. The molecule has 2 aromatic carbocycles. The van der Waals surface area contributed by atoms with E-state index in [4.69, 9.17) is 11.6 Å². The average molecular weight is 277 g/mol. The fourth-order valence-electron chi connectivity index (χ4n) is 2.36. The zero-order valence-corrected chi connectivity index (χ0v) is 12.0. The molecule has 0 radical (unpaired) electrons. The summed E-state index contributed by atoms with van der Waals surface area (Å²) >= 11 is 6.37. The van der Waals surface area contributed by atoms with Gasteiger partial charge in [-0.2, -0.15) is 0 Å². The summed E-state index contributed by atoms with van der Waals surface area (Å²) in [6.45, 7) is 3.87. The van der Waals surface area contributed by atoms with Gasteiger partial charge in [0.05, 0.1) is 5.38 Å². The predicted molar refractivity (Wildman–Crippen MR) is 79.2 cm³/mol. The summed E-state index contributed by atoms with van der Waals surface area (Å²) in [5.74, 6) is -0.116. The lowest BCUT2D eigenvalue weighted by molar-refractivity contribution is 0.599. The Hall–Kier alpha value is -1.34. The maximum Gasteiger partial charge on any atom is 0.126 e. The third kappa shape index (κ3) is 3.57. The van der Waals surface area contributed by atoms with Gasteiger partial charge in [-0.25, -0.2) is 4.39 Å². The van der Waals surface area contributed by atoms with E-state index in [-0.39, 0.29) is 11.2 Å². The van der Waals surface area contributed by atoms with Crippen LogP contribution in [0.5, 0.6) is 0 Å². The van der Waals surface area contributed by atoms with Crippen LogP contribution < -0.4 is 0 Å². The lowest BCUT2D eigenvalue weighted by atomic mass is 9.98.